The topological polar surface area (TPSA) is 52.3 Å². The third-order valence-electron chi connectivity index (χ3n) is 4.66. The highest BCUT2D eigenvalue weighted by molar-refractivity contribution is 5.75. The minimum atomic E-state index is -0.505. The van der Waals surface area contributed by atoms with Gasteiger partial charge in [-0.05, 0) is 38.5 Å². The molecule has 0 aliphatic heterocycles. The lowest BCUT2D eigenvalue weighted by Gasteiger charge is -2.37. The number of nitrogens with two attached hydrogens (primary N) is 1. The third-order valence-corrected chi connectivity index (χ3v) is 4.66. The molecule has 0 heterocycles. The van der Waals surface area contributed by atoms with Gasteiger partial charge in [-0.15, -0.1) is 0 Å². The van der Waals surface area contributed by atoms with Gasteiger partial charge in [-0.2, -0.15) is 0 Å². The van der Waals surface area contributed by atoms with E-state index in [2.05, 4.69) is 13.8 Å². The highest BCUT2D eigenvalue weighted by Gasteiger charge is 2.61. The van der Waals surface area contributed by atoms with Crippen molar-refractivity contribution in [2.75, 3.05) is 0 Å². The monoisotopic (exact) mass is 211 g/mol. The first-order valence-corrected chi connectivity index (χ1v) is 5.87. The molecule has 2 rings (SSSR count). The average molecular weight is 211 g/mol. The molecule has 2 N–H and O–H groups in total. The first-order valence-electron chi connectivity index (χ1n) is 5.87. The quantitative estimate of drug-likeness (QED) is 0.709. The summed E-state index contributed by atoms with van der Waals surface area (Å²) in [4.78, 5) is 11.6. The fraction of sp³-hybridized carbons (Fsp3) is 0.917. The maximum Gasteiger partial charge on any atom is 0.323 e. The second-order valence-electron chi connectivity index (χ2n) is 5.70. The SMILES string of the molecule is C[C@H](N)C(=O)OC12CCC(CC1)C2(C)C. The summed E-state index contributed by atoms with van der Waals surface area (Å²) in [6.45, 7) is 6.14. The zero-order valence-corrected chi connectivity index (χ0v) is 9.88. The van der Waals surface area contributed by atoms with Crippen LogP contribution in [0.4, 0.5) is 0 Å². The number of rotatable bonds is 2. The molecule has 2 fully saturated rings. The van der Waals surface area contributed by atoms with Crippen molar-refractivity contribution in [1.82, 2.24) is 0 Å². The molecule has 0 aromatic rings. The molecular formula is C12H21NO2. The highest BCUT2D eigenvalue weighted by atomic mass is 16.6. The van der Waals surface area contributed by atoms with E-state index >= 15 is 0 Å². The van der Waals surface area contributed by atoms with E-state index in [4.69, 9.17) is 10.5 Å². The molecule has 0 radical (unpaired) electrons. The minimum absolute atomic E-state index is 0.136. The molecule has 3 nitrogen and oxygen atoms in total. The van der Waals surface area contributed by atoms with Crippen molar-refractivity contribution >= 4 is 5.97 Å². The molecule has 0 saturated heterocycles. The predicted molar refractivity (Wildman–Crippen MR) is 58.2 cm³/mol. The Labute approximate surface area is 91.4 Å². The molecule has 0 aromatic carbocycles. The van der Waals surface area contributed by atoms with E-state index in [1.54, 1.807) is 6.92 Å². The first-order chi connectivity index (χ1) is 6.89. The van der Waals surface area contributed by atoms with Crippen LogP contribution >= 0.6 is 0 Å². The summed E-state index contributed by atoms with van der Waals surface area (Å²) in [5.74, 6) is 0.476. The van der Waals surface area contributed by atoms with Crippen LogP contribution in [-0.2, 0) is 9.53 Å². The summed E-state index contributed by atoms with van der Waals surface area (Å²) < 4.78 is 5.70. The van der Waals surface area contributed by atoms with Crippen LogP contribution in [0.15, 0.2) is 0 Å². The van der Waals surface area contributed by atoms with E-state index in [0.29, 0.717) is 0 Å². The summed E-state index contributed by atoms with van der Waals surface area (Å²) in [5.41, 5.74) is 5.47. The van der Waals surface area contributed by atoms with Crippen LogP contribution in [0.2, 0.25) is 0 Å². The molecule has 15 heavy (non-hydrogen) atoms. The second kappa shape index (κ2) is 3.21. The molecule has 2 aliphatic rings. The van der Waals surface area contributed by atoms with Crippen LogP contribution in [0.25, 0.3) is 0 Å². The Hall–Kier alpha value is -0.570. The molecule has 86 valence electrons. The van der Waals surface area contributed by atoms with Crippen LogP contribution in [0.5, 0.6) is 0 Å². The molecule has 1 atom stereocenters. The highest BCUT2D eigenvalue weighted by Crippen LogP contribution is 2.61. The van der Waals surface area contributed by atoms with Gasteiger partial charge in [0.2, 0.25) is 0 Å². The lowest BCUT2D eigenvalue weighted by molar-refractivity contribution is -0.169. The summed E-state index contributed by atoms with van der Waals surface area (Å²) >= 11 is 0. The molecule has 2 saturated carbocycles. The summed E-state index contributed by atoms with van der Waals surface area (Å²) in [6, 6.07) is -0.505. The fourth-order valence-corrected chi connectivity index (χ4v) is 3.34. The second-order valence-corrected chi connectivity index (χ2v) is 5.70. The van der Waals surface area contributed by atoms with Crippen molar-refractivity contribution in [2.24, 2.45) is 17.1 Å². The third kappa shape index (κ3) is 1.40. The number of carbonyl (C=O) groups is 1. The number of ether oxygens (including phenoxy) is 1. The van der Waals surface area contributed by atoms with Gasteiger partial charge < -0.3 is 10.5 Å². The van der Waals surface area contributed by atoms with Gasteiger partial charge in [0.05, 0.1) is 0 Å². The van der Waals surface area contributed by atoms with Crippen molar-refractivity contribution in [3.8, 4) is 0 Å². The maximum atomic E-state index is 11.6. The molecule has 2 bridgehead atoms. The Bertz CT molecular complexity index is 275. The van der Waals surface area contributed by atoms with Crippen LogP contribution in [0.1, 0.15) is 46.5 Å². The van der Waals surface area contributed by atoms with Gasteiger partial charge in [0.25, 0.3) is 0 Å². The average Bonchev–Trinajstić information content (AvgIpc) is 2.52. The molecule has 0 unspecified atom stereocenters. The molecule has 0 spiro atoms. The van der Waals surface area contributed by atoms with Crippen molar-refractivity contribution in [1.29, 1.82) is 0 Å². The normalized spacial score (nSPS) is 39.1. The Morgan fingerprint density at radius 1 is 1.40 bits per heavy atom. The Morgan fingerprint density at radius 3 is 2.27 bits per heavy atom. The smallest absolute Gasteiger partial charge is 0.323 e. The van der Waals surface area contributed by atoms with Gasteiger partial charge >= 0.3 is 5.97 Å². The standard InChI is InChI=1S/C12H21NO2/c1-8(13)10(14)15-12-6-4-9(5-7-12)11(12,2)3/h8-9H,4-7,13H2,1-3H3/t8-,9?,12?/m0/s1. The predicted octanol–water partition coefficient (Wildman–Crippen LogP) is 1.85. The van der Waals surface area contributed by atoms with Crippen LogP contribution in [0, 0.1) is 11.3 Å². The summed E-state index contributed by atoms with van der Waals surface area (Å²) in [7, 11) is 0. The number of fused-ring (bicyclic) bond motifs is 2. The molecule has 3 heteroatoms. The Balaban J connectivity index is 2.17. The molecular weight excluding hydrogens is 190 g/mol. The van der Waals surface area contributed by atoms with Gasteiger partial charge in [0.1, 0.15) is 11.6 Å². The van der Waals surface area contributed by atoms with E-state index in [-0.39, 0.29) is 17.0 Å². The van der Waals surface area contributed by atoms with E-state index in [0.717, 1.165) is 18.8 Å². The zero-order chi connectivity index (χ0) is 11.3. The van der Waals surface area contributed by atoms with Crippen LogP contribution in [0.3, 0.4) is 0 Å². The largest absolute Gasteiger partial charge is 0.457 e. The number of esters is 1. The van der Waals surface area contributed by atoms with Crippen LogP contribution < -0.4 is 5.73 Å². The number of hydrogen-bond donors (Lipinski definition) is 1. The Kier molecular flexibility index (Phi) is 2.34. The van der Waals surface area contributed by atoms with E-state index in [1.165, 1.54) is 12.8 Å². The maximum absolute atomic E-state index is 11.6. The first kappa shape index (κ1) is 10.9. The van der Waals surface area contributed by atoms with Crippen molar-refractivity contribution in [2.45, 2.75) is 58.1 Å². The fourth-order valence-electron chi connectivity index (χ4n) is 3.34. The van der Waals surface area contributed by atoms with Gasteiger partial charge in [-0.1, -0.05) is 13.8 Å². The zero-order valence-electron chi connectivity index (χ0n) is 9.88. The molecule has 2 aliphatic carbocycles. The number of hydrogen-bond acceptors (Lipinski definition) is 3. The van der Waals surface area contributed by atoms with Gasteiger partial charge in [-0.3, -0.25) is 4.79 Å². The van der Waals surface area contributed by atoms with E-state index < -0.39 is 6.04 Å². The van der Waals surface area contributed by atoms with Gasteiger partial charge in [0.15, 0.2) is 0 Å². The molecule has 0 aromatic heterocycles. The minimum Gasteiger partial charge on any atom is -0.457 e. The molecule has 0 amide bonds. The van der Waals surface area contributed by atoms with Gasteiger partial charge in [-0.25, -0.2) is 0 Å². The van der Waals surface area contributed by atoms with Gasteiger partial charge in [0, 0.05) is 5.41 Å². The Morgan fingerprint density at radius 2 is 1.93 bits per heavy atom. The summed E-state index contributed by atoms with van der Waals surface area (Å²) in [6.07, 6.45) is 4.42. The van der Waals surface area contributed by atoms with Crippen molar-refractivity contribution < 1.29 is 9.53 Å². The van der Waals surface area contributed by atoms with Crippen LogP contribution in [-0.4, -0.2) is 17.6 Å². The summed E-state index contributed by atoms with van der Waals surface area (Å²) in [5, 5.41) is 0. The van der Waals surface area contributed by atoms with E-state index in [1.807, 2.05) is 0 Å². The van der Waals surface area contributed by atoms with Crippen molar-refractivity contribution in [3.05, 3.63) is 0 Å². The lowest BCUT2D eigenvalue weighted by atomic mass is 9.78. The van der Waals surface area contributed by atoms with Crippen molar-refractivity contribution in [3.63, 3.8) is 0 Å². The number of carbonyl (C=O) groups excluding carboxylic acids is 1. The van der Waals surface area contributed by atoms with E-state index in [9.17, 15) is 4.79 Å². The lowest BCUT2D eigenvalue weighted by Crippen LogP contribution is -2.45.